The van der Waals surface area contributed by atoms with Crippen molar-refractivity contribution in [3.63, 3.8) is 0 Å². The first-order valence-corrected chi connectivity index (χ1v) is 9.81. The number of unbranched alkanes of at least 4 members (excludes halogenated alkanes) is 11. The molecule has 142 valence electrons. The second-order valence-electron chi connectivity index (χ2n) is 6.71. The molecule has 1 atom stereocenters. The van der Waals surface area contributed by atoms with Crippen molar-refractivity contribution in [3.8, 4) is 0 Å². The second kappa shape index (κ2) is 16.7. The maximum absolute atomic E-state index is 11.8. The summed E-state index contributed by atoms with van der Waals surface area (Å²) in [5.74, 6) is -1.83. The van der Waals surface area contributed by atoms with E-state index in [0.29, 0.717) is 6.54 Å². The molecule has 4 N–H and O–H groups in total. The van der Waals surface area contributed by atoms with Gasteiger partial charge in [0.1, 0.15) is 0 Å². The molecule has 0 spiro atoms. The van der Waals surface area contributed by atoms with Crippen molar-refractivity contribution in [1.29, 1.82) is 0 Å². The molecule has 0 fully saturated rings. The lowest BCUT2D eigenvalue weighted by molar-refractivity contribution is -0.141. The van der Waals surface area contributed by atoms with E-state index in [-0.39, 0.29) is 18.9 Å². The molecule has 0 saturated carbocycles. The maximum Gasteiger partial charge on any atom is 0.304 e. The highest BCUT2D eigenvalue weighted by atomic mass is 16.4. The molecule has 1 unspecified atom stereocenters. The van der Waals surface area contributed by atoms with Gasteiger partial charge in [0.15, 0.2) is 0 Å². The summed E-state index contributed by atoms with van der Waals surface area (Å²) in [4.78, 5) is 22.4. The molecule has 0 heterocycles. The van der Waals surface area contributed by atoms with Crippen molar-refractivity contribution in [2.24, 2.45) is 11.7 Å². The van der Waals surface area contributed by atoms with Crippen LogP contribution in [0.2, 0.25) is 0 Å². The van der Waals surface area contributed by atoms with Crippen molar-refractivity contribution in [2.75, 3.05) is 13.1 Å². The van der Waals surface area contributed by atoms with Crippen LogP contribution in [0.5, 0.6) is 0 Å². The fourth-order valence-corrected chi connectivity index (χ4v) is 2.82. The summed E-state index contributed by atoms with van der Waals surface area (Å²) < 4.78 is 0. The van der Waals surface area contributed by atoms with E-state index < -0.39 is 11.9 Å². The van der Waals surface area contributed by atoms with Gasteiger partial charge in [0.25, 0.3) is 0 Å². The molecule has 0 aromatic heterocycles. The summed E-state index contributed by atoms with van der Waals surface area (Å²) in [5.41, 5.74) is 5.44. The molecule has 0 aliphatic carbocycles. The highest BCUT2D eigenvalue weighted by Gasteiger charge is 2.19. The van der Waals surface area contributed by atoms with Crippen LogP contribution < -0.4 is 11.1 Å². The monoisotopic (exact) mass is 342 g/mol. The molecule has 5 nitrogen and oxygen atoms in total. The zero-order valence-electron chi connectivity index (χ0n) is 15.5. The fraction of sp³-hybridized carbons (Fsp3) is 0.895. The number of hydrogen-bond donors (Lipinski definition) is 3. The van der Waals surface area contributed by atoms with Crippen LogP contribution >= 0.6 is 0 Å². The molecule has 0 saturated heterocycles. The van der Waals surface area contributed by atoms with Crippen LogP contribution in [0.15, 0.2) is 0 Å². The first-order valence-electron chi connectivity index (χ1n) is 9.81. The molecule has 0 radical (unpaired) electrons. The van der Waals surface area contributed by atoms with E-state index in [9.17, 15) is 9.59 Å². The van der Waals surface area contributed by atoms with Gasteiger partial charge < -0.3 is 16.2 Å². The summed E-state index contributed by atoms with van der Waals surface area (Å²) in [6.07, 6.45) is 15.2. The maximum atomic E-state index is 11.8. The zero-order chi connectivity index (χ0) is 18.0. The van der Waals surface area contributed by atoms with Crippen molar-refractivity contribution in [2.45, 2.75) is 90.4 Å². The first-order chi connectivity index (χ1) is 11.6. The van der Waals surface area contributed by atoms with Crippen LogP contribution in [0.4, 0.5) is 0 Å². The van der Waals surface area contributed by atoms with E-state index in [1.807, 2.05) is 0 Å². The van der Waals surface area contributed by atoms with Gasteiger partial charge in [-0.1, -0.05) is 77.6 Å². The Kier molecular flexibility index (Phi) is 16.0. The minimum Gasteiger partial charge on any atom is -0.481 e. The molecule has 0 aliphatic rings. The normalized spacial score (nSPS) is 12.1. The Labute approximate surface area is 147 Å². The lowest BCUT2D eigenvalue weighted by Crippen LogP contribution is -2.36. The number of rotatable bonds is 17. The molecular weight excluding hydrogens is 304 g/mol. The average molecular weight is 343 g/mol. The minimum absolute atomic E-state index is 0.0799. The second-order valence-corrected chi connectivity index (χ2v) is 6.71. The lowest BCUT2D eigenvalue weighted by Gasteiger charge is -2.12. The van der Waals surface area contributed by atoms with Crippen LogP contribution in [0, 0.1) is 5.92 Å². The number of amides is 1. The Morgan fingerprint density at radius 1 is 0.875 bits per heavy atom. The largest absolute Gasteiger partial charge is 0.481 e. The Balaban J connectivity index is 3.35. The van der Waals surface area contributed by atoms with Gasteiger partial charge in [0, 0.05) is 13.1 Å². The van der Waals surface area contributed by atoms with E-state index in [4.69, 9.17) is 10.8 Å². The number of carbonyl (C=O) groups excluding carboxylic acids is 1. The van der Waals surface area contributed by atoms with Crippen LogP contribution in [-0.4, -0.2) is 30.1 Å². The molecule has 0 aromatic carbocycles. The van der Waals surface area contributed by atoms with Crippen molar-refractivity contribution >= 4 is 11.9 Å². The summed E-state index contributed by atoms with van der Waals surface area (Å²) in [5, 5.41) is 11.5. The Bertz CT molecular complexity index is 322. The van der Waals surface area contributed by atoms with E-state index in [2.05, 4.69) is 12.2 Å². The highest BCUT2D eigenvalue weighted by Crippen LogP contribution is 2.11. The molecular formula is C19H38N2O3. The Morgan fingerprint density at radius 2 is 1.33 bits per heavy atom. The third-order valence-corrected chi connectivity index (χ3v) is 4.41. The van der Waals surface area contributed by atoms with Gasteiger partial charge in [0.2, 0.25) is 5.91 Å². The van der Waals surface area contributed by atoms with E-state index in [0.717, 1.165) is 12.8 Å². The molecule has 0 rings (SSSR count). The zero-order valence-corrected chi connectivity index (χ0v) is 15.5. The van der Waals surface area contributed by atoms with E-state index >= 15 is 0 Å². The average Bonchev–Trinajstić information content (AvgIpc) is 2.56. The van der Waals surface area contributed by atoms with Crippen molar-refractivity contribution in [1.82, 2.24) is 5.32 Å². The standard InChI is InChI=1S/C19H38N2O3/c1-2-3-4-5-6-7-8-9-10-11-12-13-14-21-19(24)17(16-20)15-18(22)23/h17H,2-16,20H2,1H3,(H,21,24)(H,22,23). The summed E-state index contributed by atoms with van der Waals surface area (Å²) >= 11 is 0. The molecule has 5 heteroatoms. The fourth-order valence-electron chi connectivity index (χ4n) is 2.82. The van der Waals surface area contributed by atoms with Crippen LogP contribution in [0.25, 0.3) is 0 Å². The molecule has 24 heavy (non-hydrogen) atoms. The molecule has 0 aromatic rings. The van der Waals surface area contributed by atoms with Crippen molar-refractivity contribution in [3.05, 3.63) is 0 Å². The molecule has 1 amide bonds. The number of carbonyl (C=O) groups is 2. The van der Waals surface area contributed by atoms with Gasteiger partial charge in [-0.25, -0.2) is 0 Å². The van der Waals surface area contributed by atoms with Gasteiger partial charge in [-0.05, 0) is 6.42 Å². The number of carboxylic acid groups (broad SMARTS) is 1. The van der Waals surface area contributed by atoms with Crippen LogP contribution in [0.3, 0.4) is 0 Å². The predicted molar refractivity (Wildman–Crippen MR) is 98.9 cm³/mol. The van der Waals surface area contributed by atoms with Gasteiger partial charge in [-0.15, -0.1) is 0 Å². The van der Waals surface area contributed by atoms with Crippen molar-refractivity contribution < 1.29 is 14.7 Å². The topological polar surface area (TPSA) is 92.4 Å². The van der Waals surface area contributed by atoms with Crippen LogP contribution in [0.1, 0.15) is 90.4 Å². The first kappa shape index (κ1) is 22.9. The van der Waals surface area contributed by atoms with Crippen LogP contribution in [-0.2, 0) is 9.59 Å². The number of nitrogens with one attached hydrogen (secondary N) is 1. The summed E-state index contributed by atoms with van der Waals surface area (Å²) in [6.45, 7) is 2.95. The molecule has 0 aliphatic heterocycles. The highest BCUT2D eigenvalue weighted by molar-refractivity contribution is 5.83. The SMILES string of the molecule is CCCCCCCCCCCCCCNC(=O)C(CN)CC(=O)O. The van der Waals surface area contributed by atoms with E-state index in [1.165, 1.54) is 64.2 Å². The van der Waals surface area contributed by atoms with Gasteiger partial charge in [0.05, 0.1) is 12.3 Å². The third kappa shape index (κ3) is 14.5. The lowest BCUT2D eigenvalue weighted by atomic mass is 10.0. The third-order valence-electron chi connectivity index (χ3n) is 4.41. The number of aliphatic carboxylic acids is 1. The van der Waals surface area contributed by atoms with Gasteiger partial charge >= 0.3 is 5.97 Å². The number of hydrogen-bond acceptors (Lipinski definition) is 3. The Hall–Kier alpha value is -1.10. The van der Waals surface area contributed by atoms with Gasteiger partial charge in [-0.2, -0.15) is 0 Å². The number of nitrogens with two attached hydrogens (primary N) is 1. The predicted octanol–water partition coefficient (Wildman–Crippen LogP) is 3.85. The van der Waals surface area contributed by atoms with Gasteiger partial charge in [-0.3, -0.25) is 9.59 Å². The van der Waals surface area contributed by atoms with E-state index in [1.54, 1.807) is 0 Å². The quantitative estimate of drug-likeness (QED) is 0.350. The minimum atomic E-state index is -0.981. The summed E-state index contributed by atoms with van der Waals surface area (Å²) in [7, 11) is 0. The molecule has 0 bridgehead atoms. The Morgan fingerprint density at radius 3 is 1.75 bits per heavy atom. The smallest absolute Gasteiger partial charge is 0.304 e. The number of carboxylic acids is 1. The summed E-state index contributed by atoms with van der Waals surface area (Å²) in [6, 6.07) is 0.